The zero-order chi connectivity index (χ0) is 19.8. The second-order valence-corrected chi connectivity index (χ2v) is 6.92. The van der Waals surface area contributed by atoms with E-state index in [1.54, 1.807) is 19.2 Å². The minimum absolute atomic E-state index is 0. The van der Waals surface area contributed by atoms with Gasteiger partial charge in [0.15, 0.2) is 11.3 Å². The maximum Gasteiger partial charge on any atom is 0.176 e. The highest BCUT2D eigenvalue weighted by molar-refractivity contribution is 6.05. The van der Waals surface area contributed by atoms with E-state index in [0.29, 0.717) is 11.3 Å². The van der Waals surface area contributed by atoms with Gasteiger partial charge in [-0.05, 0) is 41.5 Å². The first-order valence-corrected chi connectivity index (χ1v) is 9.48. The number of hydrogen-bond acceptors (Lipinski definition) is 4. The number of ether oxygens (including phenoxy) is 1. The van der Waals surface area contributed by atoms with Gasteiger partial charge in [-0.3, -0.25) is 4.99 Å². The van der Waals surface area contributed by atoms with Crippen LogP contribution in [0.25, 0.3) is 33.4 Å². The zero-order valence-corrected chi connectivity index (χ0v) is 17.1. The van der Waals surface area contributed by atoms with Gasteiger partial charge in [0.2, 0.25) is 0 Å². The van der Waals surface area contributed by atoms with Crippen molar-refractivity contribution in [2.45, 2.75) is 0 Å². The van der Waals surface area contributed by atoms with Crippen LogP contribution in [0.4, 0.5) is 4.39 Å². The number of nitrogens with zero attached hydrogens (tertiary/aromatic N) is 1. The van der Waals surface area contributed by atoms with Crippen LogP contribution in [0.3, 0.4) is 0 Å². The van der Waals surface area contributed by atoms with Crippen LogP contribution in [0.2, 0.25) is 0 Å². The van der Waals surface area contributed by atoms with E-state index in [2.05, 4.69) is 10.3 Å². The summed E-state index contributed by atoms with van der Waals surface area (Å²) in [5.74, 6) is 2.02. The Morgan fingerprint density at radius 3 is 2.43 bits per heavy atom. The second-order valence-electron chi connectivity index (χ2n) is 6.92. The Balaban J connectivity index is 0.00000218. The number of fused-ring (bicyclic) bond motifs is 1. The highest BCUT2D eigenvalue weighted by Gasteiger charge is 2.18. The number of nitrogens with one attached hydrogen (secondary N) is 1. The number of rotatable bonds is 4. The van der Waals surface area contributed by atoms with Crippen molar-refractivity contribution >= 4 is 29.2 Å². The van der Waals surface area contributed by atoms with Gasteiger partial charge in [0.05, 0.1) is 13.7 Å². The number of benzene rings is 3. The van der Waals surface area contributed by atoms with E-state index in [1.807, 2.05) is 42.5 Å². The van der Waals surface area contributed by atoms with Crippen molar-refractivity contribution in [3.05, 3.63) is 78.1 Å². The van der Waals surface area contributed by atoms with E-state index < -0.39 is 0 Å². The molecule has 6 heteroatoms. The summed E-state index contributed by atoms with van der Waals surface area (Å²) in [6.45, 7) is 1.62. The number of methoxy groups -OCH3 is 1. The number of furan rings is 1. The molecule has 152 valence electrons. The molecular weight excluding hydrogens is 403 g/mol. The average molecular weight is 423 g/mol. The Kier molecular flexibility index (Phi) is 5.46. The molecule has 0 saturated heterocycles. The van der Waals surface area contributed by atoms with Gasteiger partial charge in [0.25, 0.3) is 0 Å². The molecule has 0 amide bonds. The van der Waals surface area contributed by atoms with Crippen molar-refractivity contribution in [3.8, 4) is 28.2 Å². The maximum absolute atomic E-state index is 13.3. The third-order valence-electron chi connectivity index (χ3n) is 5.10. The van der Waals surface area contributed by atoms with Gasteiger partial charge in [-0.1, -0.05) is 36.4 Å². The van der Waals surface area contributed by atoms with E-state index in [-0.39, 0.29) is 18.2 Å². The average Bonchev–Trinajstić information content (AvgIpc) is 3.43. The monoisotopic (exact) mass is 422 g/mol. The highest BCUT2D eigenvalue weighted by atomic mass is 35.5. The first-order valence-electron chi connectivity index (χ1n) is 9.48. The topological polar surface area (TPSA) is 46.8 Å². The molecule has 0 radical (unpaired) electrons. The highest BCUT2D eigenvalue weighted by Crippen LogP contribution is 2.38. The van der Waals surface area contributed by atoms with Crippen LogP contribution in [-0.2, 0) is 0 Å². The molecule has 0 spiro atoms. The van der Waals surface area contributed by atoms with Crippen molar-refractivity contribution in [2.75, 3.05) is 20.2 Å². The molecule has 0 atom stereocenters. The van der Waals surface area contributed by atoms with Crippen LogP contribution < -0.4 is 10.1 Å². The van der Waals surface area contributed by atoms with E-state index in [0.717, 1.165) is 52.3 Å². The van der Waals surface area contributed by atoms with Crippen molar-refractivity contribution in [1.29, 1.82) is 0 Å². The van der Waals surface area contributed by atoms with E-state index in [9.17, 15) is 4.39 Å². The number of hydrogen-bond donors (Lipinski definition) is 1. The number of amidine groups is 1. The Morgan fingerprint density at radius 2 is 1.73 bits per heavy atom. The first-order chi connectivity index (χ1) is 14.2. The first kappa shape index (κ1) is 20.0. The van der Waals surface area contributed by atoms with E-state index in [1.165, 1.54) is 12.1 Å². The van der Waals surface area contributed by atoms with Gasteiger partial charge in [0, 0.05) is 23.1 Å². The minimum Gasteiger partial charge on any atom is -0.493 e. The molecule has 1 aliphatic rings. The van der Waals surface area contributed by atoms with Gasteiger partial charge >= 0.3 is 0 Å². The van der Waals surface area contributed by atoms with Crippen molar-refractivity contribution in [1.82, 2.24) is 5.32 Å². The smallest absolute Gasteiger partial charge is 0.176 e. The van der Waals surface area contributed by atoms with Gasteiger partial charge in [-0.2, -0.15) is 0 Å². The third kappa shape index (κ3) is 3.53. The molecule has 4 aromatic rings. The molecule has 0 aliphatic carbocycles. The zero-order valence-electron chi connectivity index (χ0n) is 16.3. The predicted molar refractivity (Wildman–Crippen MR) is 120 cm³/mol. The van der Waals surface area contributed by atoms with Gasteiger partial charge in [-0.25, -0.2) is 4.39 Å². The largest absolute Gasteiger partial charge is 0.493 e. The van der Waals surface area contributed by atoms with Gasteiger partial charge in [-0.15, -0.1) is 12.4 Å². The second kappa shape index (κ2) is 8.20. The number of halogens is 2. The maximum atomic E-state index is 13.3. The molecule has 4 nitrogen and oxygen atoms in total. The molecule has 1 N–H and O–H groups in total. The fourth-order valence-corrected chi connectivity index (χ4v) is 3.70. The summed E-state index contributed by atoms with van der Waals surface area (Å²) in [6, 6.07) is 20.5. The Bertz CT molecular complexity index is 1230. The Morgan fingerprint density at radius 1 is 0.967 bits per heavy atom. The van der Waals surface area contributed by atoms with E-state index >= 15 is 0 Å². The summed E-state index contributed by atoms with van der Waals surface area (Å²) in [5, 5.41) is 4.25. The summed E-state index contributed by atoms with van der Waals surface area (Å²) >= 11 is 0. The van der Waals surface area contributed by atoms with Crippen LogP contribution in [0.1, 0.15) is 5.56 Å². The Hall–Kier alpha value is -3.31. The Labute approximate surface area is 179 Å². The molecule has 1 aromatic heterocycles. The molecule has 1 aliphatic heterocycles. The minimum atomic E-state index is -0.257. The van der Waals surface area contributed by atoms with Crippen LogP contribution >= 0.6 is 12.4 Å². The van der Waals surface area contributed by atoms with Crippen molar-refractivity contribution < 1.29 is 13.5 Å². The van der Waals surface area contributed by atoms with Crippen LogP contribution in [-0.4, -0.2) is 26.0 Å². The molecule has 30 heavy (non-hydrogen) atoms. The molecule has 0 fully saturated rings. The predicted octanol–water partition coefficient (Wildman–Crippen LogP) is 5.69. The summed E-state index contributed by atoms with van der Waals surface area (Å²) in [5.41, 5.74) is 4.53. The molecule has 2 heterocycles. The van der Waals surface area contributed by atoms with Crippen molar-refractivity contribution in [3.63, 3.8) is 0 Å². The summed E-state index contributed by atoms with van der Waals surface area (Å²) < 4.78 is 25.1. The molecule has 0 saturated carbocycles. The lowest BCUT2D eigenvalue weighted by atomic mass is 10.0. The molecule has 5 rings (SSSR count). The van der Waals surface area contributed by atoms with Gasteiger partial charge < -0.3 is 14.5 Å². The lowest BCUT2D eigenvalue weighted by Gasteiger charge is -2.08. The molecule has 0 bridgehead atoms. The van der Waals surface area contributed by atoms with Crippen LogP contribution in [0.5, 0.6) is 5.75 Å². The summed E-state index contributed by atoms with van der Waals surface area (Å²) in [6.07, 6.45) is 0. The quantitative estimate of drug-likeness (QED) is 0.459. The molecule has 3 aromatic carbocycles. The fourth-order valence-electron chi connectivity index (χ4n) is 3.70. The normalized spacial score (nSPS) is 12.9. The summed E-state index contributed by atoms with van der Waals surface area (Å²) in [4.78, 5) is 4.55. The molecular formula is C24H20ClFN2O2. The van der Waals surface area contributed by atoms with E-state index in [4.69, 9.17) is 9.15 Å². The number of aliphatic imine (C=N–C) groups is 1. The van der Waals surface area contributed by atoms with Crippen LogP contribution in [0, 0.1) is 5.82 Å². The van der Waals surface area contributed by atoms with Crippen LogP contribution in [0.15, 0.2) is 76.1 Å². The standard InChI is InChI=1S/C24H19FN2O2.ClH/c1-28-22-13-16(15-6-8-18(25)9-7-15)12-17-14-21(29-23(17)22)19-4-2-3-5-20(19)24-26-10-11-27-24;/h2-9,12-14H,10-11H2,1H3,(H,26,27);1H. The summed E-state index contributed by atoms with van der Waals surface area (Å²) in [7, 11) is 1.62. The lowest BCUT2D eigenvalue weighted by molar-refractivity contribution is 0.411. The lowest BCUT2D eigenvalue weighted by Crippen LogP contribution is -2.20. The molecule has 0 unspecified atom stereocenters. The van der Waals surface area contributed by atoms with Crippen molar-refractivity contribution in [2.24, 2.45) is 4.99 Å². The fraction of sp³-hybridized carbons (Fsp3) is 0.125. The third-order valence-corrected chi connectivity index (χ3v) is 5.10. The SMILES string of the molecule is COc1cc(-c2ccc(F)cc2)cc2cc(-c3ccccc3C3=NCCN3)oc12.Cl. The van der Waals surface area contributed by atoms with Gasteiger partial charge in [0.1, 0.15) is 17.4 Å².